The normalized spacial score (nSPS) is 17.4. The van der Waals surface area contributed by atoms with Gasteiger partial charge in [0.2, 0.25) is 5.91 Å². The fourth-order valence-electron chi connectivity index (χ4n) is 5.08. The number of hydrogen-bond donors (Lipinski definition) is 1. The van der Waals surface area contributed by atoms with Crippen LogP contribution in [0, 0.1) is 32.1 Å². The van der Waals surface area contributed by atoms with Crippen molar-refractivity contribution in [3.05, 3.63) is 82.4 Å². The van der Waals surface area contributed by atoms with Crippen molar-refractivity contribution in [2.24, 2.45) is 0 Å². The Bertz CT molecular complexity index is 1210. The number of aromatic nitrogens is 2. The molecule has 1 N–H and O–H groups in total. The van der Waals surface area contributed by atoms with Crippen molar-refractivity contribution in [1.82, 2.24) is 14.9 Å². The smallest absolute Gasteiger partial charge is 0.244 e. The Hall–Kier alpha value is -3.43. The Kier molecular flexibility index (Phi) is 7.67. The molecule has 6 heteroatoms. The third kappa shape index (κ3) is 5.31. The monoisotopic (exact) mass is 469 g/mol. The van der Waals surface area contributed by atoms with Crippen LogP contribution in [0.3, 0.4) is 0 Å². The molecule has 2 heterocycles. The minimum Gasteiger partial charge on any atom is -0.345 e. The molecule has 2 aromatic carbocycles. The maximum Gasteiger partial charge on any atom is 0.244 e. The number of unbranched alkanes of at least 4 members (excludes halogenated alkanes) is 1. The van der Waals surface area contributed by atoms with Crippen LogP contribution in [0.5, 0.6) is 0 Å². The summed E-state index contributed by atoms with van der Waals surface area (Å²) in [6.45, 7) is 9.77. The highest BCUT2D eigenvalue weighted by molar-refractivity contribution is 5.98. The number of carbonyl (C=O) groups excluding carboxylic acids is 1. The molecule has 1 fully saturated rings. The van der Waals surface area contributed by atoms with Gasteiger partial charge in [0.1, 0.15) is 5.82 Å². The summed E-state index contributed by atoms with van der Waals surface area (Å²) in [4.78, 5) is 26.3. The minimum atomic E-state index is -0.199. The fraction of sp³-hybridized carbons (Fsp3) is 0.414. The molecule has 1 aliphatic rings. The van der Waals surface area contributed by atoms with E-state index in [9.17, 15) is 10.1 Å². The third-order valence-corrected chi connectivity index (χ3v) is 7.23. The maximum atomic E-state index is 14.0. The molecule has 0 bridgehead atoms. The van der Waals surface area contributed by atoms with E-state index < -0.39 is 0 Å². The molecule has 0 spiro atoms. The van der Waals surface area contributed by atoms with Crippen molar-refractivity contribution in [3.8, 4) is 6.07 Å². The van der Waals surface area contributed by atoms with E-state index in [1.54, 1.807) is 0 Å². The molecular formula is C29H35N5O. The summed E-state index contributed by atoms with van der Waals surface area (Å²) in [7, 11) is 0. The van der Waals surface area contributed by atoms with E-state index in [4.69, 9.17) is 0 Å². The van der Waals surface area contributed by atoms with Crippen molar-refractivity contribution in [2.75, 3.05) is 18.0 Å². The van der Waals surface area contributed by atoms with Gasteiger partial charge in [-0.15, -0.1) is 0 Å². The second kappa shape index (κ2) is 10.9. The maximum absolute atomic E-state index is 14.0. The molecule has 2 unspecified atom stereocenters. The number of anilines is 1. The first kappa shape index (κ1) is 24.7. The standard InChI is InChI=1S/C29H35N5O/c1-5-6-9-27-29(35)34(26-10-7-8-20(2)21(26)3)16-15-33(27)28(25-19-31-22(4)32-25)17-23-11-13-24(18-30)14-12-23/h7-8,10-14,19,27-28H,5-6,9,15-17H2,1-4H3,(H,31,32). The van der Waals surface area contributed by atoms with Gasteiger partial charge in [-0.25, -0.2) is 4.98 Å². The van der Waals surface area contributed by atoms with E-state index in [-0.39, 0.29) is 18.0 Å². The molecule has 1 saturated heterocycles. The predicted molar refractivity (Wildman–Crippen MR) is 139 cm³/mol. The molecular weight excluding hydrogens is 434 g/mol. The third-order valence-electron chi connectivity index (χ3n) is 7.23. The lowest BCUT2D eigenvalue weighted by atomic mass is 9.95. The summed E-state index contributed by atoms with van der Waals surface area (Å²) in [6, 6.07) is 16.0. The molecule has 1 aromatic heterocycles. The summed E-state index contributed by atoms with van der Waals surface area (Å²) in [6.07, 6.45) is 5.52. The van der Waals surface area contributed by atoms with E-state index in [1.165, 1.54) is 11.1 Å². The number of aromatic amines is 1. The lowest BCUT2D eigenvalue weighted by molar-refractivity contribution is -0.127. The van der Waals surface area contributed by atoms with Crippen molar-refractivity contribution >= 4 is 11.6 Å². The molecule has 4 rings (SSSR count). The zero-order chi connectivity index (χ0) is 24.9. The Morgan fingerprint density at radius 1 is 1.14 bits per heavy atom. The van der Waals surface area contributed by atoms with Crippen LogP contribution >= 0.6 is 0 Å². The van der Waals surface area contributed by atoms with E-state index in [1.807, 2.05) is 48.4 Å². The van der Waals surface area contributed by atoms with Gasteiger partial charge in [-0.3, -0.25) is 9.69 Å². The first-order chi connectivity index (χ1) is 16.9. The number of piperazine rings is 1. The fourth-order valence-corrected chi connectivity index (χ4v) is 5.08. The largest absolute Gasteiger partial charge is 0.345 e. The van der Waals surface area contributed by atoms with Crippen LogP contribution in [0.25, 0.3) is 0 Å². The predicted octanol–water partition coefficient (Wildman–Crippen LogP) is 5.40. The van der Waals surface area contributed by atoms with Gasteiger partial charge in [0, 0.05) is 25.0 Å². The number of nitriles is 1. The number of H-pyrrole nitrogens is 1. The summed E-state index contributed by atoms with van der Waals surface area (Å²) < 4.78 is 0. The van der Waals surface area contributed by atoms with Gasteiger partial charge in [0.25, 0.3) is 0 Å². The van der Waals surface area contributed by atoms with Gasteiger partial charge in [0.05, 0.1) is 29.4 Å². The highest BCUT2D eigenvalue weighted by Crippen LogP contribution is 2.33. The average molecular weight is 470 g/mol. The molecule has 0 saturated carbocycles. The molecule has 3 aromatic rings. The first-order valence-corrected chi connectivity index (χ1v) is 12.6. The van der Waals surface area contributed by atoms with E-state index in [0.717, 1.165) is 55.0 Å². The van der Waals surface area contributed by atoms with Gasteiger partial charge < -0.3 is 9.88 Å². The highest BCUT2D eigenvalue weighted by atomic mass is 16.2. The highest BCUT2D eigenvalue weighted by Gasteiger charge is 2.39. The Labute approximate surface area is 208 Å². The number of benzene rings is 2. The van der Waals surface area contributed by atoms with E-state index in [0.29, 0.717) is 12.1 Å². The molecule has 1 amide bonds. The second-order valence-electron chi connectivity index (χ2n) is 9.56. The second-order valence-corrected chi connectivity index (χ2v) is 9.56. The Morgan fingerprint density at radius 3 is 2.57 bits per heavy atom. The van der Waals surface area contributed by atoms with Crippen LogP contribution in [-0.2, 0) is 11.2 Å². The topological polar surface area (TPSA) is 76.0 Å². The minimum absolute atomic E-state index is 0.00398. The summed E-state index contributed by atoms with van der Waals surface area (Å²) in [5.41, 5.74) is 6.22. The van der Waals surface area contributed by atoms with Gasteiger partial charge in [-0.1, -0.05) is 44.0 Å². The van der Waals surface area contributed by atoms with Crippen molar-refractivity contribution in [2.45, 2.75) is 65.5 Å². The van der Waals surface area contributed by atoms with Crippen LogP contribution in [0.1, 0.15) is 66.0 Å². The molecule has 2 atom stereocenters. The van der Waals surface area contributed by atoms with E-state index >= 15 is 0 Å². The quantitative estimate of drug-likeness (QED) is 0.479. The van der Waals surface area contributed by atoms with Gasteiger partial charge in [-0.05, 0) is 68.5 Å². The van der Waals surface area contributed by atoms with Crippen LogP contribution in [0.2, 0.25) is 0 Å². The zero-order valence-electron chi connectivity index (χ0n) is 21.2. The van der Waals surface area contributed by atoms with Crippen LogP contribution in [0.15, 0.2) is 48.7 Å². The lowest BCUT2D eigenvalue weighted by Crippen LogP contribution is -2.58. The Balaban J connectivity index is 1.68. The van der Waals surface area contributed by atoms with Crippen molar-refractivity contribution in [1.29, 1.82) is 5.26 Å². The number of aryl methyl sites for hydroxylation is 2. The molecule has 0 radical (unpaired) electrons. The lowest BCUT2D eigenvalue weighted by Gasteiger charge is -2.44. The first-order valence-electron chi connectivity index (χ1n) is 12.6. The number of imidazole rings is 1. The van der Waals surface area contributed by atoms with Crippen LogP contribution < -0.4 is 4.90 Å². The van der Waals surface area contributed by atoms with Crippen LogP contribution in [0.4, 0.5) is 5.69 Å². The number of amides is 1. The number of hydrogen-bond acceptors (Lipinski definition) is 4. The number of nitrogens with one attached hydrogen (secondary N) is 1. The molecule has 0 aliphatic carbocycles. The van der Waals surface area contributed by atoms with E-state index in [2.05, 4.69) is 53.8 Å². The average Bonchev–Trinajstić information content (AvgIpc) is 3.30. The number of rotatable bonds is 8. The van der Waals surface area contributed by atoms with Crippen molar-refractivity contribution < 1.29 is 4.79 Å². The Morgan fingerprint density at radius 2 is 1.91 bits per heavy atom. The van der Waals surface area contributed by atoms with Crippen molar-refractivity contribution in [3.63, 3.8) is 0 Å². The number of nitrogens with zero attached hydrogens (tertiary/aromatic N) is 4. The van der Waals surface area contributed by atoms with Gasteiger partial charge >= 0.3 is 0 Å². The molecule has 182 valence electrons. The van der Waals surface area contributed by atoms with Crippen LogP contribution in [-0.4, -0.2) is 39.9 Å². The summed E-state index contributed by atoms with van der Waals surface area (Å²) in [5, 5.41) is 9.18. The van der Waals surface area contributed by atoms with Gasteiger partial charge in [0.15, 0.2) is 0 Å². The zero-order valence-corrected chi connectivity index (χ0v) is 21.2. The summed E-state index contributed by atoms with van der Waals surface area (Å²) in [5.74, 6) is 1.05. The molecule has 6 nitrogen and oxygen atoms in total. The van der Waals surface area contributed by atoms with Gasteiger partial charge in [-0.2, -0.15) is 5.26 Å². The molecule has 1 aliphatic heterocycles. The SMILES string of the molecule is CCCCC1C(=O)N(c2cccc(C)c2C)CCN1C(Cc1ccc(C#N)cc1)c1cnc(C)[nH]1. The number of carbonyl (C=O) groups is 1. The molecule has 35 heavy (non-hydrogen) atoms. The summed E-state index contributed by atoms with van der Waals surface area (Å²) >= 11 is 0.